The average Bonchev–Trinajstić information content (AvgIpc) is 2.47. The Morgan fingerprint density at radius 3 is 2.38 bits per heavy atom. The summed E-state index contributed by atoms with van der Waals surface area (Å²) in [5, 5.41) is 12.3. The minimum absolute atomic E-state index is 0.0602. The van der Waals surface area contributed by atoms with Crippen LogP contribution in [-0.4, -0.2) is 72.1 Å². The number of rotatable bonds is 9. The van der Waals surface area contributed by atoms with Gasteiger partial charge < -0.3 is 15.3 Å². The Morgan fingerprint density at radius 1 is 1.24 bits per heavy atom. The molecule has 0 aromatic carbocycles. The van der Waals surface area contributed by atoms with Crippen molar-refractivity contribution in [1.82, 2.24) is 15.1 Å². The first-order chi connectivity index (χ1) is 10.1. The number of carbonyl (C=O) groups is 2. The molecule has 0 aliphatic carbocycles. The quantitative estimate of drug-likeness (QED) is 0.658. The fourth-order valence-electron chi connectivity index (χ4n) is 2.51. The number of carboxylic acid groups (broad SMARTS) is 1. The van der Waals surface area contributed by atoms with Crippen molar-refractivity contribution in [2.45, 2.75) is 45.6 Å². The molecule has 1 amide bonds. The molecule has 0 aromatic rings. The molecule has 6 nitrogen and oxygen atoms in total. The summed E-state index contributed by atoms with van der Waals surface area (Å²) in [6.45, 7) is 7.74. The van der Waals surface area contributed by atoms with E-state index in [4.69, 9.17) is 0 Å². The zero-order valence-corrected chi connectivity index (χ0v) is 13.3. The van der Waals surface area contributed by atoms with Gasteiger partial charge in [-0.2, -0.15) is 0 Å². The van der Waals surface area contributed by atoms with Gasteiger partial charge in [0.05, 0.1) is 6.54 Å². The first kappa shape index (κ1) is 17.9. The van der Waals surface area contributed by atoms with E-state index in [0.29, 0.717) is 13.1 Å². The third kappa shape index (κ3) is 6.01. The first-order valence-electron chi connectivity index (χ1n) is 8.05. The van der Waals surface area contributed by atoms with Gasteiger partial charge in [0, 0.05) is 32.7 Å². The van der Waals surface area contributed by atoms with Gasteiger partial charge in [0.1, 0.15) is 6.04 Å². The standard InChI is InChI=1S/C15H29N3O3/c1-3-5-8-17(9-6-4-2)14(19)12-18-10-7-16-11-13(18)15(20)21/h13,16H,3-12H2,1-2H3,(H,20,21). The summed E-state index contributed by atoms with van der Waals surface area (Å²) in [5.74, 6) is -0.797. The van der Waals surface area contributed by atoms with E-state index >= 15 is 0 Å². The molecular formula is C15H29N3O3. The lowest BCUT2D eigenvalue weighted by Crippen LogP contribution is -2.57. The number of aliphatic carboxylic acids is 1. The molecule has 0 saturated carbocycles. The van der Waals surface area contributed by atoms with E-state index in [1.54, 1.807) is 4.90 Å². The van der Waals surface area contributed by atoms with Crippen molar-refractivity contribution in [2.24, 2.45) is 0 Å². The van der Waals surface area contributed by atoms with E-state index < -0.39 is 12.0 Å². The van der Waals surface area contributed by atoms with Crippen LogP contribution in [-0.2, 0) is 9.59 Å². The molecule has 0 radical (unpaired) electrons. The molecule has 1 heterocycles. The van der Waals surface area contributed by atoms with Gasteiger partial charge in [0.15, 0.2) is 0 Å². The predicted octanol–water partition coefficient (Wildman–Crippen LogP) is 0.774. The summed E-state index contributed by atoms with van der Waals surface area (Å²) in [7, 11) is 0. The Labute approximate surface area is 127 Å². The summed E-state index contributed by atoms with van der Waals surface area (Å²) in [4.78, 5) is 27.4. The maximum Gasteiger partial charge on any atom is 0.322 e. The van der Waals surface area contributed by atoms with Crippen LogP contribution in [0.15, 0.2) is 0 Å². The lowest BCUT2D eigenvalue weighted by molar-refractivity contribution is -0.145. The molecule has 21 heavy (non-hydrogen) atoms. The van der Waals surface area contributed by atoms with Gasteiger partial charge in [-0.3, -0.25) is 14.5 Å². The van der Waals surface area contributed by atoms with E-state index in [-0.39, 0.29) is 12.5 Å². The minimum atomic E-state index is -0.858. The molecule has 6 heteroatoms. The van der Waals surface area contributed by atoms with Crippen LogP contribution in [0.4, 0.5) is 0 Å². The highest BCUT2D eigenvalue weighted by Crippen LogP contribution is 2.07. The fourth-order valence-corrected chi connectivity index (χ4v) is 2.51. The van der Waals surface area contributed by atoms with Crippen LogP contribution in [0.25, 0.3) is 0 Å². The van der Waals surface area contributed by atoms with Crippen LogP contribution in [0.3, 0.4) is 0 Å². The second-order valence-corrected chi connectivity index (χ2v) is 5.62. The Bertz CT molecular complexity index is 328. The molecular weight excluding hydrogens is 270 g/mol. The van der Waals surface area contributed by atoms with Crippen molar-refractivity contribution in [3.05, 3.63) is 0 Å². The van der Waals surface area contributed by atoms with Crippen LogP contribution in [0.2, 0.25) is 0 Å². The third-order valence-corrected chi connectivity index (χ3v) is 3.89. The molecule has 1 aliphatic heterocycles. The number of piperazine rings is 1. The van der Waals surface area contributed by atoms with E-state index in [2.05, 4.69) is 19.2 Å². The lowest BCUT2D eigenvalue weighted by Gasteiger charge is -2.34. The fraction of sp³-hybridized carbons (Fsp3) is 0.867. The molecule has 1 aliphatic rings. The number of nitrogens with one attached hydrogen (secondary N) is 1. The average molecular weight is 299 g/mol. The van der Waals surface area contributed by atoms with E-state index in [1.807, 2.05) is 4.90 Å². The number of hydrogen-bond acceptors (Lipinski definition) is 4. The largest absolute Gasteiger partial charge is 0.480 e. The number of amides is 1. The van der Waals surface area contributed by atoms with Crippen LogP contribution < -0.4 is 5.32 Å². The molecule has 2 N–H and O–H groups in total. The van der Waals surface area contributed by atoms with Gasteiger partial charge in [0.2, 0.25) is 5.91 Å². The molecule has 0 bridgehead atoms. The SMILES string of the molecule is CCCCN(CCCC)C(=O)CN1CCNCC1C(=O)O. The second-order valence-electron chi connectivity index (χ2n) is 5.62. The van der Waals surface area contributed by atoms with Crippen molar-refractivity contribution in [2.75, 3.05) is 39.3 Å². The Hall–Kier alpha value is -1.14. The van der Waals surface area contributed by atoms with Gasteiger partial charge >= 0.3 is 5.97 Å². The summed E-state index contributed by atoms with van der Waals surface area (Å²) in [6, 6.07) is -0.595. The molecule has 1 unspecified atom stereocenters. The highest BCUT2D eigenvalue weighted by molar-refractivity contribution is 5.80. The number of hydrogen-bond donors (Lipinski definition) is 2. The molecule has 1 fully saturated rings. The zero-order chi connectivity index (χ0) is 15.7. The summed E-state index contributed by atoms with van der Waals surface area (Å²) in [5.41, 5.74) is 0. The van der Waals surface area contributed by atoms with Gasteiger partial charge in [-0.1, -0.05) is 26.7 Å². The zero-order valence-electron chi connectivity index (χ0n) is 13.3. The molecule has 1 saturated heterocycles. The van der Waals surface area contributed by atoms with Crippen LogP contribution in [0, 0.1) is 0 Å². The number of carbonyl (C=O) groups excluding carboxylic acids is 1. The van der Waals surface area contributed by atoms with Gasteiger partial charge in [0.25, 0.3) is 0 Å². The highest BCUT2D eigenvalue weighted by Gasteiger charge is 2.30. The van der Waals surface area contributed by atoms with Crippen molar-refractivity contribution in [3.8, 4) is 0 Å². The predicted molar refractivity (Wildman–Crippen MR) is 82.3 cm³/mol. The Kier molecular flexibility index (Phi) is 8.30. The first-order valence-corrected chi connectivity index (χ1v) is 8.05. The smallest absolute Gasteiger partial charge is 0.322 e. The van der Waals surface area contributed by atoms with Crippen molar-refractivity contribution in [3.63, 3.8) is 0 Å². The summed E-state index contributed by atoms with van der Waals surface area (Å²) < 4.78 is 0. The molecule has 0 aromatic heterocycles. The topological polar surface area (TPSA) is 72.9 Å². The van der Waals surface area contributed by atoms with E-state index in [0.717, 1.165) is 45.3 Å². The Balaban J connectivity index is 2.58. The van der Waals surface area contributed by atoms with Crippen molar-refractivity contribution in [1.29, 1.82) is 0 Å². The van der Waals surface area contributed by atoms with Gasteiger partial charge in [-0.05, 0) is 12.8 Å². The van der Waals surface area contributed by atoms with Crippen LogP contribution >= 0.6 is 0 Å². The number of unbranched alkanes of at least 4 members (excludes halogenated alkanes) is 2. The maximum absolute atomic E-state index is 12.5. The lowest BCUT2D eigenvalue weighted by atomic mass is 10.2. The van der Waals surface area contributed by atoms with Gasteiger partial charge in [-0.15, -0.1) is 0 Å². The number of nitrogens with zero attached hydrogens (tertiary/aromatic N) is 2. The maximum atomic E-state index is 12.5. The summed E-state index contributed by atoms with van der Waals surface area (Å²) >= 11 is 0. The van der Waals surface area contributed by atoms with E-state index in [1.165, 1.54) is 0 Å². The molecule has 1 atom stereocenters. The number of carboxylic acids is 1. The third-order valence-electron chi connectivity index (χ3n) is 3.89. The molecule has 1 rings (SSSR count). The Morgan fingerprint density at radius 2 is 1.86 bits per heavy atom. The molecule has 0 spiro atoms. The van der Waals surface area contributed by atoms with Crippen molar-refractivity contribution >= 4 is 11.9 Å². The monoisotopic (exact) mass is 299 g/mol. The normalized spacial score (nSPS) is 19.4. The highest BCUT2D eigenvalue weighted by atomic mass is 16.4. The van der Waals surface area contributed by atoms with Crippen LogP contribution in [0.1, 0.15) is 39.5 Å². The second kappa shape index (κ2) is 9.73. The van der Waals surface area contributed by atoms with Crippen LogP contribution in [0.5, 0.6) is 0 Å². The summed E-state index contributed by atoms with van der Waals surface area (Å²) in [6.07, 6.45) is 4.11. The molecule has 122 valence electrons. The van der Waals surface area contributed by atoms with E-state index in [9.17, 15) is 14.7 Å². The van der Waals surface area contributed by atoms with Gasteiger partial charge in [-0.25, -0.2) is 0 Å². The minimum Gasteiger partial charge on any atom is -0.480 e. The van der Waals surface area contributed by atoms with Crippen molar-refractivity contribution < 1.29 is 14.7 Å².